The van der Waals surface area contributed by atoms with E-state index in [4.69, 9.17) is 9.47 Å². The van der Waals surface area contributed by atoms with Crippen molar-refractivity contribution in [2.75, 3.05) is 6.61 Å². The summed E-state index contributed by atoms with van der Waals surface area (Å²) >= 11 is 3.57. The molecule has 2 aromatic rings. The molecule has 1 aliphatic carbocycles. The maximum atomic E-state index is 12.0. The number of amides is 1. The monoisotopic (exact) mass is 429 g/mol. The van der Waals surface area contributed by atoms with Gasteiger partial charge in [0.2, 0.25) is 0 Å². The zero-order valence-electron chi connectivity index (χ0n) is 15.1. The Morgan fingerprint density at radius 1 is 1.07 bits per heavy atom. The molecule has 0 spiro atoms. The lowest BCUT2D eigenvalue weighted by atomic mass is 10.2. The average Bonchev–Trinajstić information content (AvgIpc) is 3.14. The van der Waals surface area contributed by atoms with E-state index in [1.165, 1.54) is 0 Å². The van der Waals surface area contributed by atoms with E-state index in [9.17, 15) is 4.79 Å². The zero-order valence-corrected chi connectivity index (χ0v) is 16.7. The van der Waals surface area contributed by atoms with Gasteiger partial charge in [-0.25, -0.2) is 4.79 Å². The molecule has 0 bridgehead atoms. The molecule has 0 aliphatic heterocycles. The van der Waals surface area contributed by atoms with Crippen molar-refractivity contribution in [1.82, 2.24) is 5.32 Å². The van der Waals surface area contributed by atoms with Gasteiger partial charge in [0.15, 0.2) is 0 Å². The maximum Gasteiger partial charge on any atom is 0.407 e. The maximum absolute atomic E-state index is 12.0. The molecule has 2 atom stereocenters. The van der Waals surface area contributed by atoms with Gasteiger partial charge >= 0.3 is 6.09 Å². The standard InChI is InChI=1S/C22H24BrNO3/c23-19(13-17-7-3-1-4-8-17)16-26-21-12-11-20(14-21)24-22(25)27-15-18-9-5-2-6-10-18/h1-10,13,20-21H,11-12,14-16H2,(H,24,25). The Hall–Kier alpha value is -2.11. The molecule has 1 aliphatic rings. The number of nitrogens with one attached hydrogen (secondary N) is 1. The number of ether oxygens (including phenoxy) is 2. The van der Waals surface area contributed by atoms with Crippen molar-refractivity contribution in [3.05, 3.63) is 76.3 Å². The predicted molar refractivity (Wildman–Crippen MR) is 110 cm³/mol. The zero-order chi connectivity index (χ0) is 18.9. The third-order valence-electron chi connectivity index (χ3n) is 4.50. The highest BCUT2D eigenvalue weighted by Crippen LogP contribution is 2.24. The first kappa shape index (κ1) is 19.6. The summed E-state index contributed by atoms with van der Waals surface area (Å²) in [6.45, 7) is 0.821. The molecule has 1 N–H and O–H groups in total. The quantitative estimate of drug-likeness (QED) is 0.650. The Labute approximate surface area is 168 Å². The first-order valence-electron chi connectivity index (χ1n) is 9.19. The van der Waals surface area contributed by atoms with E-state index < -0.39 is 0 Å². The first-order valence-corrected chi connectivity index (χ1v) is 9.98. The van der Waals surface area contributed by atoms with Crippen molar-refractivity contribution in [2.24, 2.45) is 0 Å². The molecule has 142 valence electrons. The van der Waals surface area contributed by atoms with Gasteiger partial charge in [-0.3, -0.25) is 0 Å². The van der Waals surface area contributed by atoms with Crippen molar-refractivity contribution in [2.45, 2.75) is 38.0 Å². The van der Waals surface area contributed by atoms with E-state index in [-0.39, 0.29) is 24.8 Å². The smallest absolute Gasteiger partial charge is 0.407 e. The van der Waals surface area contributed by atoms with Gasteiger partial charge in [-0.15, -0.1) is 0 Å². The molecule has 0 aromatic heterocycles. The van der Waals surface area contributed by atoms with Crippen molar-refractivity contribution in [1.29, 1.82) is 0 Å². The summed E-state index contributed by atoms with van der Waals surface area (Å²) in [7, 11) is 0. The van der Waals surface area contributed by atoms with Gasteiger partial charge in [0.1, 0.15) is 6.61 Å². The molecule has 3 rings (SSSR count). The normalized spacial score (nSPS) is 19.7. The predicted octanol–water partition coefficient (Wildman–Crippen LogP) is 5.29. The van der Waals surface area contributed by atoms with Crippen LogP contribution in [0.25, 0.3) is 6.08 Å². The molecule has 2 aromatic carbocycles. The van der Waals surface area contributed by atoms with E-state index in [0.717, 1.165) is 34.9 Å². The van der Waals surface area contributed by atoms with Crippen LogP contribution >= 0.6 is 15.9 Å². The van der Waals surface area contributed by atoms with E-state index in [1.807, 2.05) is 48.5 Å². The first-order chi connectivity index (χ1) is 13.2. The molecule has 0 saturated heterocycles. The van der Waals surface area contributed by atoms with E-state index >= 15 is 0 Å². The van der Waals surface area contributed by atoms with Crippen LogP contribution in [0.15, 0.2) is 65.1 Å². The Kier molecular flexibility index (Phi) is 7.48. The summed E-state index contributed by atoms with van der Waals surface area (Å²) in [5, 5.41) is 2.94. The fourth-order valence-corrected chi connectivity index (χ4v) is 3.52. The van der Waals surface area contributed by atoms with Crippen LogP contribution in [-0.2, 0) is 16.1 Å². The van der Waals surface area contributed by atoms with E-state index in [1.54, 1.807) is 0 Å². The van der Waals surface area contributed by atoms with Gasteiger partial charge in [-0.2, -0.15) is 0 Å². The van der Waals surface area contributed by atoms with Crippen LogP contribution < -0.4 is 5.32 Å². The van der Waals surface area contributed by atoms with Crippen LogP contribution in [0.5, 0.6) is 0 Å². The number of hydrogen-bond donors (Lipinski definition) is 1. The topological polar surface area (TPSA) is 47.6 Å². The number of rotatable bonds is 7. The molecule has 2 unspecified atom stereocenters. The number of benzene rings is 2. The van der Waals surface area contributed by atoms with Gasteiger partial charge < -0.3 is 14.8 Å². The molecular weight excluding hydrogens is 406 g/mol. The minimum Gasteiger partial charge on any atom is -0.445 e. The summed E-state index contributed by atoms with van der Waals surface area (Å²) in [5.74, 6) is 0. The van der Waals surface area contributed by atoms with Gasteiger partial charge in [-0.1, -0.05) is 76.6 Å². The minimum atomic E-state index is -0.366. The van der Waals surface area contributed by atoms with Gasteiger partial charge in [-0.05, 0) is 36.5 Å². The minimum absolute atomic E-state index is 0.107. The molecule has 1 saturated carbocycles. The number of halogens is 1. The summed E-state index contributed by atoms with van der Waals surface area (Å²) in [4.78, 5) is 12.0. The average molecular weight is 430 g/mol. The third kappa shape index (κ3) is 6.85. The molecular formula is C22H24BrNO3. The van der Waals surface area contributed by atoms with Crippen LogP contribution in [0.2, 0.25) is 0 Å². The van der Waals surface area contributed by atoms with E-state index in [0.29, 0.717) is 6.61 Å². The Balaban J connectivity index is 1.36. The number of hydrogen-bond acceptors (Lipinski definition) is 3. The van der Waals surface area contributed by atoms with Gasteiger partial charge in [0, 0.05) is 10.5 Å². The summed E-state index contributed by atoms with van der Waals surface area (Å²) < 4.78 is 12.3. The second kappa shape index (κ2) is 10.3. The van der Waals surface area contributed by atoms with Crippen LogP contribution in [0, 0.1) is 0 Å². The fraction of sp³-hybridized carbons (Fsp3) is 0.318. The summed E-state index contributed by atoms with van der Waals surface area (Å²) in [6, 6.07) is 19.9. The third-order valence-corrected chi connectivity index (χ3v) is 4.96. The summed E-state index contributed by atoms with van der Waals surface area (Å²) in [6.07, 6.45) is 4.51. The molecule has 0 heterocycles. The Bertz CT molecular complexity index is 749. The molecule has 1 amide bonds. The van der Waals surface area contributed by atoms with Crippen LogP contribution in [0.1, 0.15) is 30.4 Å². The van der Waals surface area contributed by atoms with Gasteiger partial charge in [0.05, 0.1) is 12.7 Å². The van der Waals surface area contributed by atoms with Crippen molar-refractivity contribution >= 4 is 28.1 Å². The van der Waals surface area contributed by atoms with E-state index in [2.05, 4.69) is 39.5 Å². The highest BCUT2D eigenvalue weighted by molar-refractivity contribution is 9.11. The lowest BCUT2D eigenvalue weighted by molar-refractivity contribution is 0.0767. The highest BCUT2D eigenvalue weighted by atomic mass is 79.9. The Morgan fingerprint density at radius 3 is 2.52 bits per heavy atom. The Morgan fingerprint density at radius 2 is 1.78 bits per heavy atom. The molecule has 27 heavy (non-hydrogen) atoms. The van der Waals surface area contributed by atoms with Crippen LogP contribution in [0.3, 0.4) is 0 Å². The lowest BCUT2D eigenvalue weighted by Crippen LogP contribution is -2.33. The van der Waals surface area contributed by atoms with Crippen LogP contribution in [0.4, 0.5) is 4.79 Å². The van der Waals surface area contributed by atoms with Crippen molar-refractivity contribution < 1.29 is 14.3 Å². The van der Waals surface area contributed by atoms with Crippen molar-refractivity contribution in [3.63, 3.8) is 0 Å². The van der Waals surface area contributed by atoms with Gasteiger partial charge in [0.25, 0.3) is 0 Å². The summed E-state index contributed by atoms with van der Waals surface area (Å²) in [5.41, 5.74) is 2.12. The largest absolute Gasteiger partial charge is 0.445 e. The lowest BCUT2D eigenvalue weighted by Gasteiger charge is -2.14. The number of alkyl carbamates (subject to hydrolysis) is 1. The number of carbonyl (C=O) groups excluding carboxylic acids is 1. The molecule has 1 fully saturated rings. The highest BCUT2D eigenvalue weighted by Gasteiger charge is 2.27. The number of carbonyl (C=O) groups is 1. The molecule has 0 radical (unpaired) electrons. The van der Waals surface area contributed by atoms with Crippen LogP contribution in [-0.4, -0.2) is 24.8 Å². The second-order valence-electron chi connectivity index (χ2n) is 6.65. The second-order valence-corrected chi connectivity index (χ2v) is 7.67. The molecule has 5 heteroatoms. The van der Waals surface area contributed by atoms with Crippen molar-refractivity contribution in [3.8, 4) is 0 Å². The fourth-order valence-electron chi connectivity index (χ4n) is 3.12. The molecule has 4 nitrogen and oxygen atoms in total. The SMILES string of the molecule is O=C(NC1CCC(OCC(Br)=Cc2ccccc2)C1)OCc1ccccc1.